The monoisotopic (exact) mass is 277 g/mol. The van der Waals surface area contributed by atoms with E-state index in [1.807, 2.05) is 0 Å². The predicted octanol–water partition coefficient (Wildman–Crippen LogP) is 1.85. The van der Waals surface area contributed by atoms with Crippen LogP contribution < -0.4 is 14.8 Å². The SMILES string of the molecule is O=C(O)[C@H]1CC[C@H](C(=O)Nc2ccc3c(c2)OCO3)C1. The lowest BCUT2D eigenvalue weighted by atomic mass is 10.0. The van der Waals surface area contributed by atoms with E-state index in [4.69, 9.17) is 14.6 Å². The van der Waals surface area contributed by atoms with Gasteiger partial charge in [-0.2, -0.15) is 0 Å². The van der Waals surface area contributed by atoms with Gasteiger partial charge in [0.1, 0.15) is 0 Å². The molecule has 6 heteroatoms. The van der Waals surface area contributed by atoms with Crippen molar-refractivity contribution in [2.45, 2.75) is 19.3 Å². The van der Waals surface area contributed by atoms with Crippen LogP contribution in [-0.2, 0) is 9.59 Å². The van der Waals surface area contributed by atoms with Gasteiger partial charge in [0, 0.05) is 17.7 Å². The molecule has 0 bridgehead atoms. The summed E-state index contributed by atoms with van der Waals surface area (Å²) in [5.41, 5.74) is 0.637. The molecule has 1 fully saturated rings. The number of carboxylic acids is 1. The highest BCUT2D eigenvalue weighted by Gasteiger charge is 2.33. The summed E-state index contributed by atoms with van der Waals surface area (Å²) in [5, 5.41) is 11.8. The Balaban J connectivity index is 1.63. The highest BCUT2D eigenvalue weighted by atomic mass is 16.7. The number of fused-ring (bicyclic) bond motifs is 1. The molecule has 0 unspecified atom stereocenters. The fourth-order valence-corrected chi connectivity index (χ4v) is 2.66. The minimum Gasteiger partial charge on any atom is -0.481 e. The van der Waals surface area contributed by atoms with Gasteiger partial charge in [-0.3, -0.25) is 9.59 Å². The van der Waals surface area contributed by atoms with Gasteiger partial charge in [0.05, 0.1) is 5.92 Å². The zero-order valence-corrected chi connectivity index (χ0v) is 10.8. The van der Waals surface area contributed by atoms with Crippen molar-refractivity contribution in [3.8, 4) is 11.5 Å². The van der Waals surface area contributed by atoms with Crippen molar-refractivity contribution in [2.24, 2.45) is 11.8 Å². The molecule has 2 atom stereocenters. The van der Waals surface area contributed by atoms with Crippen molar-refractivity contribution in [3.63, 3.8) is 0 Å². The molecule has 3 rings (SSSR count). The smallest absolute Gasteiger partial charge is 0.306 e. The zero-order chi connectivity index (χ0) is 14.1. The number of amides is 1. The van der Waals surface area contributed by atoms with Gasteiger partial charge in [-0.25, -0.2) is 0 Å². The molecule has 0 radical (unpaired) electrons. The molecule has 0 aromatic heterocycles. The molecule has 1 amide bonds. The van der Waals surface area contributed by atoms with Crippen molar-refractivity contribution < 1.29 is 24.2 Å². The van der Waals surface area contributed by atoms with Crippen LogP contribution in [0.4, 0.5) is 5.69 Å². The van der Waals surface area contributed by atoms with E-state index >= 15 is 0 Å². The van der Waals surface area contributed by atoms with Crippen LogP contribution in [0.3, 0.4) is 0 Å². The van der Waals surface area contributed by atoms with Gasteiger partial charge in [0.15, 0.2) is 11.5 Å². The Labute approximate surface area is 115 Å². The number of rotatable bonds is 3. The van der Waals surface area contributed by atoms with E-state index in [-0.39, 0.29) is 18.6 Å². The van der Waals surface area contributed by atoms with E-state index in [9.17, 15) is 9.59 Å². The standard InChI is InChI=1S/C14H15NO5/c16-13(8-1-2-9(5-8)14(17)18)15-10-3-4-11-12(6-10)20-7-19-11/h3-4,6,8-9H,1-2,5,7H2,(H,15,16)(H,17,18)/t8-,9-/m0/s1. The first kappa shape index (κ1) is 12.8. The van der Waals surface area contributed by atoms with E-state index in [0.717, 1.165) is 0 Å². The maximum atomic E-state index is 12.1. The number of carboxylic acid groups (broad SMARTS) is 1. The van der Waals surface area contributed by atoms with Gasteiger partial charge in [0.2, 0.25) is 12.7 Å². The lowest BCUT2D eigenvalue weighted by molar-refractivity contribution is -0.141. The minimum atomic E-state index is -0.816. The van der Waals surface area contributed by atoms with Crippen LogP contribution in [0.2, 0.25) is 0 Å². The van der Waals surface area contributed by atoms with E-state index < -0.39 is 11.9 Å². The first-order chi connectivity index (χ1) is 9.63. The quantitative estimate of drug-likeness (QED) is 0.880. The lowest BCUT2D eigenvalue weighted by Gasteiger charge is -2.11. The molecule has 0 saturated heterocycles. The molecule has 1 aromatic rings. The number of aliphatic carboxylic acids is 1. The number of hydrogen-bond donors (Lipinski definition) is 2. The van der Waals surface area contributed by atoms with Crippen LogP contribution >= 0.6 is 0 Å². The Morgan fingerprint density at radius 1 is 1.15 bits per heavy atom. The largest absolute Gasteiger partial charge is 0.481 e. The fraction of sp³-hybridized carbons (Fsp3) is 0.429. The molecule has 2 N–H and O–H groups in total. The number of anilines is 1. The normalized spacial score (nSPS) is 23.6. The molecule has 20 heavy (non-hydrogen) atoms. The maximum Gasteiger partial charge on any atom is 0.306 e. The van der Waals surface area contributed by atoms with Crippen molar-refractivity contribution >= 4 is 17.6 Å². The molecule has 1 aliphatic heterocycles. The molecule has 1 aromatic carbocycles. The average Bonchev–Trinajstić information content (AvgIpc) is 3.07. The summed E-state index contributed by atoms with van der Waals surface area (Å²) in [7, 11) is 0. The highest BCUT2D eigenvalue weighted by molar-refractivity contribution is 5.93. The molecule has 1 saturated carbocycles. The Morgan fingerprint density at radius 2 is 1.90 bits per heavy atom. The molecule has 2 aliphatic rings. The van der Waals surface area contributed by atoms with Crippen molar-refractivity contribution in [1.29, 1.82) is 0 Å². The minimum absolute atomic E-state index is 0.132. The summed E-state index contributed by atoms with van der Waals surface area (Å²) in [6.45, 7) is 0.190. The summed E-state index contributed by atoms with van der Waals surface area (Å²) >= 11 is 0. The van der Waals surface area contributed by atoms with E-state index in [1.165, 1.54) is 0 Å². The molecule has 106 valence electrons. The maximum absolute atomic E-state index is 12.1. The summed E-state index contributed by atoms with van der Waals surface area (Å²) < 4.78 is 10.4. The van der Waals surface area contributed by atoms with Gasteiger partial charge < -0.3 is 19.9 Å². The summed E-state index contributed by atoms with van der Waals surface area (Å²) in [5.74, 6) is -0.313. The molecule has 6 nitrogen and oxygen atoms in total. The number of carbonyl (C=O) groups is 2. The second-order valence-corrected chi connectivity index (χ2v) is 5.10. The lowest BCUT2D eigenvalue weighted by Crippen LogP contribution is -2.21. The number of carbonyl (C=O) groups excluding carboxylic acids is 1. The van der Waals surface area contributed by atoms with Gasteiger partial charge in [0.25, 0.3) is 0 Å². The molecular formula is C14H15NO5. The molecule has 1 heterocycles. The first-order valence-corrected chi connectivity index (χ1v) is 6.57. The van der Waals surface area contributed by atoms with Crippen molar-refractivity contribution in [2.75, 3.05) is 12.1 Å². The van der Waals surface area contributed by atoms with Crippen LogP contribution in [0.25, 0.3) is 0 Å². The Kier molecular flexibility index (Phi) is 3.22. The summed E-state index contributed by atoms with van der Waals surface area (Å²) in [6, 6.07) is 5.20. The summed E-state index contributed by atoms with van der Waals surface area (Å²) in [4.78, 5) is 23.0. The second kappa shape index (κ2) is 5.03. The number of ether oxygens (including phenoxy) is 2. The van der Waals surface area contributed by atoms with Crippen LogP contribution in [0.1, 0.15) is 19.3 Å². The number of hydrogen-bond acceptors (Lipinski definition) is 4. The predicted molar refractivity (Wildman–Crippen MR) is 69.7 cm³/mol. The Bertz CT molecular complexity index is 556. The van der Waals surface area contributed by atoms with Crippen molar-refractivity contribution in [1.82, 2.24) is 0 Å². The third kappa shape index (κ3) is 2.41. The van der Waals surface area contributed by atoms with Gasteiger partial charge in [-0.1, -0.05) is 0 Å². The van der Waals surface area contributed by atoms with E-state index in [2.05, 4.69) is 5.32 Å². The average molecular weight is 277 g/mol. The van der Waals surface area contributed by atoms with Crippen LogP contribution in [0.5, 0.6) is 11.5 Å². The second-order valence-electron chi connectivity index (χ2n) is 5.10. The third-order valence-electron chi connectivity index (χ3n) is 3.79. The number of nitrogens with one attached hydrogen (secondary N) is 1. The van der Waals surface area contributed by atoms with Crippen LogP contribution in [-0.4, -0.2) is 23.8 Å². The van der Waals surface area contributed by atoms with Gasteiger partial charge in [-0.05, 0) is 31.4 Å². The highest BCUT2D eigenvalue weighted by Crippen LogP contribution is 2.35. The van der Waals surface area contributed by atoms with E-state index in [1.54, 1.807) is 18.2 Å². The third-order valence-corrected chi connectivity index (χ3v) is 3.79. The van der Waals surface area contributed by atoms with Crippen LogP contribution in [0.15, 0.2) is 18.2 Å². The topological polar surface area (TPSA) is 84.9 Å². The van der Waals surface area contributed by atoms with E-state index in [0.29, 0.717) is 36.4 Å². The Morgan fingerprint density at radius 3 is 2.65 bits per heavy atom. The summed E-state index contributed by atoms with van der Waals surface area (Å²) in [6.07, 6.45) is 1.59. The number of benzene rings is 1. The molecule has 1 aliphatic carbocycles. The fourth-order valence-electron chi connectivity index (χ4n) is 2.66. The van der Waals surface area contributed by atoms with Gasteiger partial charge in [-0.15, -0.1) is 0 Å². The van der Waals surface area contributed by atoms with Gasteiger partial charge >= 0.3 is 5.97 Å². The zero-order valence-electron chi connectivity index (χ0n) is 10.8. The molecule has 0 spiro atoms. The molecular weight excluding hydrogens is 262 g/mol. The van der Waals surface area contributed by atoms with Crippen molar-refractivity contribution in [3.05, 3.63) is 18.2 Å². The van der Waals surface area contributed by atoms with Crippen LogP contribution in [0, 0.1) is 11.8 Å². The first-order valence-electron chi connectivity index (χ1n) is 6.57. The Hall–Kier alpha value is -2.24.